The molecule has 2 rings (SSSR count). The van der Waals surface area contributed by atoms with Crippen LogP contribution in [0.2, 0.25) is 0 Å². The lowest BCUT2D eigenvalue weighted by Crippen LogP contribution is -2.18. The van der Waals surface area contributed by atoms with Crippen molar-refractivity contribution < 1.29 is 4.74 Å². The van der Waals surface area contributed by atoms with Crippen molar-refractivity contribution in [3.05, 3.63) is 33.8 Å². The normalized spacial score (nSPS) is 12.9. The fourth-order valence-electron chi connectivity index (χ4n) is 2.11. The van der Waals surface area contributed by atoms with E-state index >= 15 is 0 Å². The van der Waals surface area contributed by atoms with Gasteiger partial charge in [0.05, 0.1) is 19.3 Å². The number of methoxy groups -OCH3 is 1. The molecule has 0 saturated carbocycles. The molecule has 19 heavy (non-hydrogen) atoms. The lowest BCUT2D eigenvalue weighted by atomic mass is 10.1. The van der Waals surface area contributed by atoms with E-state index in [1.165, 1.54) is 4.88 Å². The first-order chi connectivity index (χ1) is 9.08. The average molecular weight is 279 g/mol. The van der Waals surface area contributed by atoms with Gasteiger partial charge in [-0.2, -0.15) is 5.10 Å². The van der Waals surface area contributed by atoms with Gasteiger partial charge in [-0.3, -0.25) is 4.68 Å². The molecule has 0 bridgehead atoms. The fourth-order valence-corrected chi connectivity index (χ4v) is 3.06. The van der Waals surface area contributed by atoms with Crippen molar-refractivity contribution in [2.45, 2.75) is 39.3 Å². The minimum Gasteiger partial charge on any atom is -0.493 e. The van der Waals surface area contributed by atoms with Gasteiger partial charge >= 0.3 is 0 Å². The molecule has 2 aromatic rings. The van der Waals surface area contributed by atoms with Crippen molar-refractivity contribution >= 4 is 11.3 Å². The topological polar surface area (TPSA) is 53.1 Å². The Kier molecular flexibility index (Phi) is 4.27. The van der Waals surface area contributed by atoms with E-state index < -0.39 is 0 Å². The molecule has 5 heteroatoms. The van der Waals surface area contributed by atoms with Crippen LogP contribution in [0.5, 0.6) is 5.75 Å². The summed E-state index contributed by atoms with van der Waals surface area (Å²) in [5, 5.41) is 4.38. The van der Waals surface area contributed by atoms with Crippen molar-refractivity contribution in [2.75, 3.05) is 7.11 Å². The van der Waals surface area contributed by atoms with Gasteiger partial charge in [0.25, 0.3) is 0 Å². The van der Waals surface area contributed by atoms with E-state index in [0.717, 1.165) is 22.7 Å². The number of nitrogens with two attached hydrogens (primary N) is 1. The van der Waals surface area contributed by atoms with Crippen LogP contribution in [-0.2, 0) is 6.42 Å². The minimum atomic E-state index is -0.190. The quantitative estimate of drug-likeness (QED) is 0.914. The van der Waals surface area contributed by atoms with Gasteiger partial charge < -0.3 is 10.5 Å². The number of rotatable bonds is 5. The van der Waals surface area contributed by atoms with E-state index in [4.69, 9.17) is 10.5 Å². The zero-order valence-electron chi connectivity index (χ0n) is 11.9. The third kappa shape index (κ3) is 2.67. The van der Waals surface area contributed by atoms with Crippen LogP contribution in [0, 0.1) is 0 Å². The molecule has 0 aliphatic carbocycles. The van der Waals surface area contributed by atoms with Crippen LogP contribution in [0.15, 0.2) is 18.3 Å². The summed E-state index contributed by atoms with van der Waals surface area (Å²) in [5.41, 5.74) is 7.36. The van der Waals surface area contributed by atoms with Gasteiger partial charge in [0.15, 0.2) is 5.75 Å². The monoisotopic (exact) mass is 279 g/mol. The molecule has 2 aromatic heterocycles. The van der Waals surface area contributed by atoms with Crippen molar-refractivity contribution in [1.82, 2.24) is 9.78 Å². The van der Waals surface area contributed by atoms with Crippen LogP contribution in [0.1, 0.15) is 48.3 Å². The second kappa shape index (κ2) is 5.75. The Morgan fingerprint density at radius 2 is 2.16 bits per heavy atom. The van der Waals surface area contributed by atoms with E-state index in [2.05, 4.69) is 38.0 Å². The smallest absolute Gasteiger partial charge is 0.161 e. The van der Waals surface area contributed by atoms with Crippen LogP contribution in [0.3, 0.4) is 0 Å². The van der Waals surface area contributed by atoms with Crippen molar-refractivity contribution in [2.24, 2.45) is 5.73 Å². The molecule has 0 amide bonds. The van der Waals surface area contributed by atoms with Gasteiger partial charge in [-0.25, -0.2) is 0 Å². The summed E-state index contributed by atoms with van der Waals surface area (Å²) < 4.78 is 7.33. The zero-order chi connectivity index (χ0) is 14.0. The second-order valence-electron chi connectivity index (χ2n) is 4.77. The Hall–Kier alpha value is -1.33. The van der Waals surface area contributed by atoms with Gasteiger partial charge in [-0.05, 0) is 32.4 Å². The summed E-state index contributed by atoms with van der Waals surface area (Å²) in [4.78, 5) is 2.50. The van der Waals surface area contributed by atoms with E-state index in [1.807, 2.05) is 4.68 Å². The van der Waals surface area contributed by atoms with Crippen molar-refractivity contribution in [3.63, 3.8) is 0 Å². The second-order valence-corrected chi connectivity index (χ2v) is 5.97. The van der Waals surface area contributed by atoms with Crippen molar-refractivity contribution in [1.29, 1.82) is 0 Å². The molecule has 104 valence electrons. The number of hydrogen-bond donors (Lipinski definition) is 1. The standard InChI is InChI=1S/C14H21N3OS/c1-5-10-6-7-12(19-10)13(15)14-11(18-4)8-16-17(14)9(2)3/h6-9,13H,5,15H2,1-4H3. The maximum Gasteiger partial charge on any atom is 0.161 e. The highest BCUT2D eigenvalue weighted by molar-refractivity contribution is 7.12. The summed E-state index contributed by atoms with van der Waals surface area (Å²) in [5.74, 6) is 0.757. The van der Waals surface area contributed by atoms with E-state index in [9.17, 15) is 0 Å². The molecule has 0 aliphatic heterocycles. The van der Waals surface area contributed by atoms with Crippen molar-refractivity contribution in [3.8, 4) is 5.75 Å². The first kappa shape index (κ1) is 14.1. The summed E-state index contributed by atoms with van der Waals surface area (Å²) in [6.07, 6.45) is 2.78. The molecule has 0 aliphatic rings. The molecule has 4 nitrogen and oxygen atoms in total. The molecule has 0 spiro atoms. The van der Waals surface area contributed by atoms with E-state index in [-0.39, 0.29) is 12.1 Å². The molecule has 1 unspecified atom stereocenters. The molecule has 1 atom stereocenters. The van der Waals surface area contributed by atoms with Gasteiger partial charge in [-0.1, -0.05) is 6.92 Å². The van der Waals surface area contributed by atoms with Crippen LogP contribution in [0.25, 0.3) is 0 Å². The Labute approximate surface area is 118 Å². The van der Waals surface area contributed by atoms with Crippen LogP contribution >= 0.6 is 11.3 Å². The Bertz CT molecular complexity index is 545. The molecule has 0 saturated heterocycles. The largest absolute Gasteiger partial charge is 0.493 e. The van der Waals surface area contributed by atoms with Gasteiger partial charge in [0, 0.05) is 15.8 Å². The lowest BCUT2D eigenvalue weighted by Gasteiger charge is -2.17. The van der Waals surface area contributed by atoms with Gasteiger partial charge in [0.1, 0.15) is 5.69 Å². The highest BCUT2D eigenvalue weighted by atomic mass is 32.1. The van der Waals surface area contributed by atoms with Gasteiger partial charge in [-0.15, -0.1) is 11.3 Å². The number of aryl methyl sites for hydroxylation is 1. The molecule has 0 fully saturated rings. The highest BCUT2D eigenvalue weighted by Crippen LogP contribution is 2.33. The molecular weight excluding hydrogens is 258 g/mol. The minimum absolute atomic E-state index is 0.190. The number of aromatic nitrogens is 2. The summed E-state index contributed by atoms with van der Waals surface area (Å²) in [7, 11) is 1.66. The van der Waals surface area contributed by atoms with E-state index in [0.29, 0.717) is 0 Å². The molecule has 0 aromatic carbocycles. The number of nitrogens with zero attached hydrogens (tertiary/aromatic N) is 2. The summed E-state index contributed by atoms with van der Waals surface area (Å²) >= 11 is 1.76. The maximum atomic E-state index is 6.41. The third-order valence-electron chi connectivity index (χ3n) is 3.14. The van der Waals surface area contributed by atoms with Crippen LogP contribution < -0.4 is 10.5 Å². The Balaban J connectivity index is 2.41. The first-order valence-corrected chi connectivity index (χ1v) is 7.35. The maximum absolute atomic E-state index is 6.41. The number of thiophene rings is 1. The SMILES string of the molecule is CCc1ccc(C(N)c2c(OC)cnn2C(C)C)s1. The molecule has 2 heterocycles. The van der Waals surface area contributed by atoms with E-state index in [1.54, 1.807) is 24.6 Å². The van der Waals surface area contributed by atoms with Crippen LogP contribution in [0.4, 0.5) is 0 Å². The number of ether oxygens (including phenoxy) is 1. The third-order valence-corrected chi connectivity index (χ3v) is 4.45. The Morgan fingerprint density at radius 1 is 1.42 bits per heavy atom. The first-order valence-electron chi connectivity index (χ1n) is 6.54. The van der Waals surface area contributed by atoms with Gasteiger partial charge in [0.2, 0.25) is 0 Å². The summed E-state index contributed by atoms with van der Waals surface area (Å²) in [6, 6.07) is 4.31. The highest BCUT2D eigenvalue weighted by Gasteiger charge is 2.22. The van der Waals surface area contributed by atoms with Crippen LogP contribution in [-0.4, -0.2) is 16.9 Å². The lowest BCUT2D eigenvalue weighted by molar-refractivity contribution is 0.401. The summed E-state index contributed by atoms with van der Waals surface area (Å²) in [6.45, 7) is 6.34. The predicted molar refractivity (Wildman–Crippen MR) is 78.9 cm³/mol. The Morgan fingerprint density at radius 3 is 2.68 bits per heavy atom. The fraction of sp³-hybridized carbons (Fsp3) is 0.500. The number of hydrogen-bond acceptors (Lipinski definition) is 4. The molecule has 2 N–H and O–H groups in total. The predicted octanol–water partition coefficient (Wildman–Crippen LogP) is 3.14. The zero-order valence-corrected chi connectivity index (χ0v) is 12.7. The average Bonchev–Trinajstić information content (AvgIpc) is 3.03. The molecule has 0 radical (unpaired) electrons. The molecular formula is C14H21N3OS.